The molecule has 2 saturated heterocycles. The van der Waals surface area contributed by atoms with Crippen molar-refractivity contribution in [3.63, 3.8) is 0 Å². The van der Waals surface area contributed by atoms with Crippen LogP contribution in [0.15, 0.2) is 36.4 Å². The van der Waals surface area contributed by atoms with E-state index in [1.807, 2.05) is 12.1 Å². The van der Waals surface area contributed by atoms with Crippen molar-refractivity contribution in [1.82, 2.24) is 0 Å². The highest BCUT2D eigenvalue weighted by atomic mass is 16.5. The molecular formula is C20H22O6. The summed E-state index contributed by atoms with van der Waals surface area (Å²) in [6, 6.07) is 10.7. The molecule has 2 heterocycles. The summed E-state index contributed by atoms with van der Waals surface area (Å²) in [7, 11) is 3.05. The Kier molecular flexibility index (Phi) is 4.38. The van der Waals surface area contributed by atoms with Crippen molar-refractivity contribution in [3.8, 4) is 23.0 Å². The molecule has 2 aliphatic rings. The van der Waals surface area contributed by atoms with E-state index < -0.39 is 0 Å². The van der Waals surface area contributed by atoms with Crippen LogP contribution in [0.2, 0.25) is 0 Å². The lowest BCUT2D eigenvalue weighted by Gasteiger charge is -2.18. The molecule has 0 saturated carbocycles. The molecule has 0 bridgehead atoms. The first-order chi connectivity index (χ1) is 12.6. The van der Waals surface area contributed by atoms with Crippen LogP contribution in [-0.4, -0.2) is 37.6 Å². The summed E-state index contributed by atoms with van der Waals surface area (Å²) in [5, 5.41) is 20.1. The average Bonchev–Trinajstić information content (AvgIpc) is 3.23. The zero-order valence-electron chi connectivity index (χ0n) is 14.7. The molecule has 4 rings (SSSR count). The normalized spacial score (nSPS) is 27.3. The summed E-state index contributed by atoms with van der Waals surface area (Å²) >= 11 is 0. The maximum Gasteiger partial charge on any atom is 0.160 e. The highest BCUT2D eigenvalue weighted by molar-refractivity contribution is 5.44. The van der Waals surface area contributed by atoms with E-state index in [9.17, 15) is 10.2 Å². The van der Waals surface area contributed by atoms with Crippen molar-refractivity contribution in [3.05, 3.63) is 47.5 Å². The van der Waals surface area contributed by atoms with Crippen LogP contribution < -0.4 is 9.47 Å². The number of phenols is 2. The summed E-state index contributed by atoms with van der Waals surface area (Å²) in [6.07, 6.45) is -0.262. The fraction of sp³-hybridized carbons (Fsp3) is 0.400. The lowest BCUT2D eigenvalue weighted by atomic mass is 9.85. The second-order valence-corrected chi connectivity index (χ2v) is 6.70. The molecule has 138 valence electrons. The molecule has 0 spiro atoms. The third-order valence-corrected chi connectivity index (χ3v) is 5.33. The van der Waals surface area contributed by atoms with Gasteiger partial charge in [-0.1, -0.05) is 12.1 Å². The van der Waals surface area contributed by atoms with Gasteiger partial charge in [0.15, 0.2) is 23.0 Å². The number of aromatic hydroxyl groups is 2. The minimum atomic E-state index is -0.131. The molecule has 2 aromatic carbocycles. The Morgan fingerprint density at radius 3 is 1.54 bits per heavy atom. The Hall–Kier alpha value is -2.44. The Balaban J connectivity index is 1.56. The minimum absolute atomic E-state index is 0.104. The molecule has 0 unspecified atom stereocenters. The standard InChI is InChI=1S/C20H22O6/c1-23-17-5-3-11(7-15(17)21)19-13-9-26-20(14(13)10-25-19)12-4-6-18(24-2)16(22)8-12/h3-8,13-14,19-22H,9-10H2,1-2H3/t13-,14-,19+,20+/m0/s1. The highest BCUT2D eigenvalue weighted by Gasteiger charge is 2.48. The molecule has 6 nitrogen and oxygen atoms in total. The summed E-state index contributed by atoms with van der Waals surface area (Å²) in [5.74, 6) is 1.48. The molecule has 0 aromatic heterocycles. The van der Waals surface area contributed by atoms with Crippen LogP contribution in [0.4, 0.5) is 0 Å². The average molecular weight is 358 g/mol. The molecule has 2 fully saturated rings. The minimum Gasteiger partial charge on any atom is -0.504 e. The van der Waals surface area contributed by atoms with Gasteiger partial charge in [-0.05, 0) is 35.4 Å². The summed E-state index contributed by atoms with van der Waals surface area (Å²) in [6.45, 7) is 1.14. The number of phenolic OH excluding ortho intramolecular Hbond substituents is 2. The van der Waals surface area contributed by atoms with Gasteiger partial charge in [0.2, 0.25) is 0 Å². The zero-order chi connectivity index (χ0) is 18.3. The van der Waals surface area contributed by atoms with Crippen LogP contribution in [0.1, 0.15) is 23.3 Å². The number of methoxy groups -OCH3 is 2. The maximum absolute atomic E-state index is 10.1. The fourth-order valence-corrected chi connectivity index (χ4v) is 4.00. The third kappa shape index (κ3) is 2.75. The Morgan fingerprint density at radius 2 is 1.19 bits per heavy atom. The van der Waals surface area contributed by atoms with E-state index in [1.54, 1.807) is 24.3 Å². The molecular weight excluding hydrogens is 336 g/mol. The zero-order valence-corrected chi connectivity index (χ0v) is 14.7. The van der Waals surface area contributed by atoms with E-state index >= 15 is 0 Å². The predicted octanol–water partition coefficient (Wildman–Crippen LogP) is 3.19. The number of hydrogen-bond acceptors (Lipinski definition) is 6. The lowest BCUT2D eigenvalue weighted by Crippen LogP contribution is -2.14. The Bertz CT molecular complexity index is 737. The SMILES string of the molecule is COc1ccc([C@H]2OC[C@H]3[C@@H]2CO[C@@H]3c2ccc(OC)c(O)c2)cc1O. The summed E-state index contributed by atoms with van der Waals surface area (Å²) in [4.78, 5) is 0. The largest absolute Gasteiger partial charge is 0.504 e. The van der Waals surface area contributed by atoms with Gasteiger partial charge in [0.05, 0.1) is 39.6 Å². The number of fused-ring (bicyclic) bond motifs is 1. The maximum atomic E-state index is 10.1. The van der Waals surface area contributed by atoms with E-state index in [1.165, 1.54) is 14.2 Å². The smallest absolute Gasteiger partial charge is 0.160 e. The lowest BCUT2D eigenvalue weighted by molar-refractivity contribution is 0.0191. The van der Waals surface area contributed by atoms with Gasteiger partial charge >= 0.3 is 0 Å². The molecule has 26 heavy (non-hydrogen) atoms. The molecule has 0 aliphatic carbocycles. The molecule has 6 heteroatoms. The van der Waals surface area contributed by atoms with Crippen molar-refractivity contribution in [2.45, 2.75) is 12.2 Å². The molecule has 2 aliphatic heterocycles. The third-order valence-electron chi connectivity index (χ3n) is 5.33. The molecule has 0 radical (unpaired) electrons. The van der Waals surface area contributed by atoms with Crippen LogP contribution in [0, 0.1) is 11.8 Å². The number of rotatable bonds is 4. The molecule has 2 N–H and O–H groups in total. The molecule has 0 amide bonds. The number of ether oxygens (including phenoxy) is 4. The first-order valence-electron chi connectivity index (χ1n) is 8.59. The Labute approximate surface area is 151 Å². The quantitative estimate of drug-likeness (QED) is 0.874. The van der Waals surface area contributed by atoms with Gasteiger partial charge in [-0.3, -0.25) is 0 Å². The van der Waals surface area contributed by atoms with Crippen LogP contribution >= 0.6 is 0 Å². The van der Waals surface area contributed by atoms with E-state index in [4.69, 9.17) is 18.9 Å². The van der Waals surface area contributed by atoms with Crippen molar-refractivity contribution in [1.29, 1.82) is 0 Å². The van der Waals surface area contributed by atoms with Crippen molar-refractivity contribution in [2.75, 3.05) is 27.4 Å². The second-order valence-electron chi connectivity index (χ2n) is 6.70. The Morgan fingerprint density at radius 1 is 0.769 bits per heavy atom. The van der Waals surface area contributed by atoms with Crippen LogP contribution in [0.3, 0.4) is 0 Å². The van der Waals surface area contributed by atoms with Gasteiger partial charge in [0, 0.05) is 11.8 Å². The van der Waals surface area contributed by atoms with Gasteiger partial charge in [0.1, 0.15) is 0 Å². The molecule has 2 aromatic rings. The number of benzene rings is 2. The van der Waals surface area contributed by atoms with Crippen LogP contribution in [-0.2, 0) is 9.47 Å². The van der Waals surface area contributed by atoms with E-state index in [0.717, 1.165) is 11.1 Å². The first-order valence-corrected chi connectivity index (χ1v) is 8.59. The van der Waals surface area contributed by atoms with Gasteiger partial charge in [-0.2, -0.15) is 0 Å². The van der Waals surface area contributed by atoms with E-state index in [2.05, 4.69) is 0 Å². The summed E-state index contributed by atoms with van der Waals surface area (Å²) < 4.78 is 22.3. The van der Waals surface area contributed by atoms with Gasteiger partial charge < -0.3 is 29.2 Å². The van der Waals surface area contributed by atoms with Gasteiger partial charge in [0.25, 0.3) is 0 Å². The highest BCUT2D eigenvalue weighted by Crippen LogP contribution is 2.51. The molecule has 4 atom stereocenters. The van der Waals surface area contributed by atoms with Crippen molar-refractivity contribution < 1.29 is 29.2 Å². The van der Waals surface area contributed by atoms with E-state index in [0.29, 0.717) is 24.7 Å². The second kappa shape index (κ2) is 6.70. The predicted molar refractivity (Wildman–Crippen MR) is 93.7 cm³/mol. The van der Waals surface area contributed by atoms with Crippen molar-refractivity contribution in [2.24, 2.45) is 11.8 Å². The van der Waals surface area contributed by atoms with Gasteiger partial charge in [-0.15, -0.1) is 0 Å². The van der Waals surface area contributed by atoms with Crippen LogP contribution in [0.25, 0.3) is 0 Å². The fourth-order valence-electron chi connectivity index (χ4n) is 4.00. The first kappa shape index (κ1) is 17.0. The number of hydrogen-bond donors (Lipinski definition) is 2. The van der Waals surface area contributed by atoms with Gasteiger partial charge in [-0.25, -0.2) is 0 Å². The van der Waals surface area contributed by atoms with E-state index in [-0.39, 0.29) is 35.5 Å². The van der Waals surface area contributed by atoms with Crippen molar-refractivity contribution >= 4 is 0 Å². The monoisotopic (exact) mass is 358 g/mol. The summed E-state index contributed by atoms with van der Waals surface area (Å²) in [5.41, 5.74) is 1.83. The van der Waals surface area contributed by atoms with Crippen LogP contribution in [0.5, 0.6) is 23.0 Å². The topological polar surface area (TPSA) is 77.4 Å².